The number of hydrogen-bond acceptors (Lipinski definition) is 3. The molecule has 4 heteroatoms. The zero-order valence-electron chi connectivity index (χ0n) is 6.34. The first-order chi connectivity index (χ1) is 5.69. The summed E-state index contributed by atoms with van der Waals surface area (Å²) < 4.78 is 17.6. The fourth-order valence-electron chi connectivity index (χ4n) is 0.800. The predicted octanol–water partition coefficient (Wildman–Crippen LogP) is 1.99. The van der Waals surface area contributed by atoms with Gasteiger partial charge in [0.25, 0.3) is 0 Å². The quantitative estimate of drug-likeness (QED) is 0.675. The molecule has 0 aliphatic heterocycles. The monoisotopic (exact) mass is 183 g/mol. The van der Waals surface area contributed by atoms with Crippen molar-refractivity contribution in [3.63, 3.8) is 0 Å². The first-order valence-corrected chi connectivity index (χ1v) is 3.60. The number of nitriles is 1. The van der Waals surface area contributed by atoms with Gasteiger partial charge in [0, 0.05) is 11.0 Å². The first-order valence-electron chi connectivity index (χ1n) is 3.15. The lowest BCUT2D eigenvalue weighted by Crippen LogP contribution is -1.90. The molecule has 0 aliphatic rings. The second kappa shape index (κ2) is 3.46. The number of hydrogen-bond donors (Lipinski definition) is 1. The van der Waals surface area contributed by atoms with Crippen LogP contribution in [0.4, 0.5) is 4.39 Å². The van der Waals surface area contributed by atoms with Crippen LogP contribution in [0, 0.1) is 17.1 Å². The second-order valence-corrected chi connectivity index (χ2v) is 2.60. The van der Waals surface area contributed by atoms with E-state index < -0.39 is 5.82 Å². The number of thiol groups is 1. The molecular formula is C8H6FNOS. The molecule has 0 spiro atoms. The van der Waals surface area contributed by atoms with Crippen LogP contribution in [0.5, 0.6) is 5.75 Å². The third-order valence-corrected chi connectivity index (χ3v) is 1.73. The van der Waals surface area contributed by atoms with E-state index in [4.69, 9.17) is 10.00 Å². The number of nitrogens with zero attached hydrogens (tertiary/aromatic N) is 1. The zero-order valence-corrected chi connectivity index (χ0v) is 7.23. The maximum absolute atomic E-state index is 12.8. The number of ether oxygens (including phenoxy) is 1. The van der Waals surface area contributed by atoms with E-state index in [2.05, 4.69) is 12.6 Å². The van der Waals surface area contributed by atoms with Gasteiger partial charge in [-0.15, -0.1) is 12.6 Å². The zero-order chi connectivity index (χ0) is 9.14. The van der Waals surface area contributed by atoms with E-state index in [-0.39, 0.29) is 16.2 Å². The van der Waals surface area contributed by atoms with E-state index in [1.54, 1.807) is 0 Å². The van der Waals surface area contributed by atoms with Crippen LogP contribution in [-0.4, -0.2) is 7.11 Å². The van der Waals surface area contributed by atoms with E-state index >= 15 is 0 Å². The standard InChI is InChI=1S/C8H6FNOS/c1-11-7-3-6(9)8(12)2-5(7)4-10/h2-3,12H,1H3. The van der Waals surface area contributed by atoms with Crippen LogP contribution in [0.25, 0.3) is 0 Å². The van der Waals surface area contributed by atoms with Crippen molar-refractivity contribution in [3.05, 3.63) is 23.5 Å². The third-order valence-electron chi connectivity index (χ3n) is 1.39. The lowest BCUT2D eigenvalue weighted by atomic mass is 10.2. The van der Waals surface area contributed by atoms with Crippen molar-refractivity contribution in [1.82, 2.24) is 0 Å². The molecule has 0 saturated carbocycles. The van der Waals surface area contributed by atoms with Gasteiger partial charge in [-0.05, 0) is 6.07 Å². The van der Waals surface area contributed by atoms with Gasteiger partial charge in [0.15, 0.2) is 0 Å². The van der Waals surface area contributed by atoms with E-state index in [0.717, 1.165) is 6.07 Å². The average molecular weight is 183 g/mol. The predicted molar refractivity (Wildman–Crippen MR) is 44.9 cm³/mol. The largest absolute Gasteiger partial charge is 0.495 e. The summed E-state index contributed by atoms with van der Waals surface area (Å²) in [5, 5.41) is 8.58. The normalized spacial score (nSPS) is 9.17. The summed E-state index contributed by atoms with van der Waals surface area (Å²) >= 11 is 3.83. The molecule has 0 aliphatic carbocycles. The van der Waals surface area contributed by atoms with Gasteiger partial charge in [0.05, 0.1) is 12.7 Å². The summed E-state index contributed by atoms with van der Waals surface area (Å²) in [7, 11) is 1.38. The molecule has 0 atom stereocenters. The molecule has 0 radical (unpaired) electrons. The van der Waals surface area contributed by atoms with Crippen molar-refractivity contribution in [2.45, 2.75) is 4.90 Å². The first kappa shape index (κ1) is 8.88. The molecule has 0 bridgehead atoms. The summed E-state index contributed by atoms with van der Waals surface area (Å²) in [4.78, 5) is 0.146. The Morgan fingerprint density at radius 2 is 2.25 bits per heavy atom. The number of methoxy groups -OCH3 is 1. The molecule has 0 unspecified atom stereocenters. The van der Waals surface area contributed by atoms with Crippen molar-refractivity contribution in [2.75, 3.05) is 7.11 Å². The average Bonchev–Trinajstić information content (AvgIpc) is 2.09. The SMILES string of the molecule is COc1cc(F)c(S)cc1C#N. The highest BCUT2D eigenvalue weighted by atomic mass is 32.1. The number of benzene rings is 1. The summed E-state index contributed by atoms with van der Waals surface area (Å²) in [6.45, 7) is 0. The van der Waals surface area contributed by atoms with Crippen LogP contribution >= 0.6 is 12.6 Å². The van der Waals surface area contributed by atoms with Crippen LogP contribution in [0.1, 0.15) is 5.56 Å². The van der Waals surface area contributed by atoms with Gasteiger partial charge in [0.2, 0.25) is 0 Å². The Kier molecular flexibility index (Phi) is 2.56. The fraction of sp³-hybridized carbons (Fsp3) is 0.125. The van der Waals surface area contributed by atoms with Crippen molar-refractivity contribution < 1.29 is 9.13 Å². The maximum atomic E-state index is 12.8. The molecule has 1 aromatic carbocycles. The topological polar surface area (TPSA) is 33.0 Å². The minimum Gasteiger partial charge on any atom is -0.495 e. The second-order valence-electron chi connectivity index (χ2n) is 2.12. The Balaban J connectivity index is 3.31. The Labute approximate surface area is 75.0 Å². The highest BCUT2D eigenvalue weighted by Crippen LogP contribution is 2.23. The van der Waals surface area contributed by atoms with Gasteiger partial charge in [0.1, 0.15) is 17.6 Å². The fourth-order valence-corrected chi connectivity index (χ4v) is 0.993. The van der Waals surface area contributed by atoms with Crippen molar-refractivity contribution in [3.8, 4) is 11.8 Å². The molecule has 0 amide bonds. The number of rotatable bonds is 1. The Hall–Kier alpha value is -1.21. The van der Waals surface area contributed by atoms with Gasteiger partial charge in [-0.3, -0.25) is 0 Å². The molecule has 2 nitrogen and oxygen atoms in total. The van der Waals surface area contributed by atoms with E-state index in [0.29, 0.717) is 0 Å². The van der Waals surface area contributed by atoms with Gasteiger partial charge < -0.3 is 4.74 Å². The molecule has 0 saturated heterocycles. The molecule has 12 heavy (non-hydrogen) atoms. The van der Waals surface area contributed by atoms with Crippen LogP contribution in [0.2, 0.25) is 0 Å². The lowest BCUT2D eigenvalue weighted by Gasteiger charge is -2.03. The Morgan fingerprint density at radius 3 is 2.75 bits per heavy atom. The van der Waals surface area contributed by atoms with E-state index in [9.17, 15) is 4.39 Å². The van der Waals surface area contributed by atoms with Crippen LogP contribution in [0.15, 0.2) is 17.0 Å². The van der Waals surface area contributed by atoms with Crippen molar-refractivity contribution >= 4 is 12.6 Å². The minimum atomic E-state index is -0.491. The molecule has 0 heterocycles. The van der Waals surface area contributed by atoms with E-state index in [1.165, 1.54) is 13.2 Å². The summed E-state index contributed by atoms with van der Waals surface area (Å²) in [6, 6.07) is 4.34. The molecule has 0 fully saturated rings. The molecule has 1 aromatic rings. The molecule has 0 N–H and O–H groups in total. The Bertz CT molecular complexity index is 346. The highest BCUT2D eigenvalue weighted by molar-refractivity contribution is 7.80. The third kappa shape index (κ3) is 1.51. The van der Waals surface area contributed by atoms with Crippen LogP contribution in [0.3, 0.4) is 0 Å². The van der Waals surface area contributed by atoms with Crippen LogP contribution in [-0.2, 0) is 0 Å². The van der Waals surface area contributed by atoms with Gasteiger partial charge in [-0.2, -0.15) is 5.26 Å². The van der Waals surface area contributed by atoms with Gasteiger partial charge >= 0.3 is 0 Å². The molecule has 62 valence electrons. The summed E-state index contributed by atoms with van der Waals surface area (Å²) in [6.07, 6.45) is 0. The summed E-state index contributed by atoms with van der Waals surface area (Å²) in [5.74, 6) is -0.262. The summed E-state index contributed by atoms with van der Waals surface area (Å²) in [5.41, 5.74) is 0.281. The Morgan fingerprint density at radius 1 is 1.58 bits per heavy atom. The molecule has 1 rings (SSSR count). The number of halogens is 1. The van der Waals surface area contributed by atoms with Gasteiger partial charge in [-0.1, -0.05) is 0 Å². The van der Waals surface area contributed by atoms with Crippen molar-refractivity contribution in [2.24, 2.45) is 0 Å². The van der Waals surface area contributed by atoms with E-state index in [1.807, 2.05) is 6.07 Å². The smallest absolute Gasteiger partial charge is 0.140 e. The van der Waals surface area contributed by atoms with Crippen molar-refractivity contribution in [1.29, 1.82) is 5.26 Å². The molecular weight excluding hydrogens is 177 g/mol. The van der Waals surface area contributed by atoms with Gasteiger partial charge in [-0.25, -0.2) is 4.39 Å². The maximum Gasteiger partial charge on any atom is 0.140 e. The lowest BCUT2D eigenvalue weighted by molar-refractivity contribution is 0.408. The van der Waals surface area contributed by atoms with Crippen LogP contribution < -0.4 is 4.74 Å². The highest BCUT2D eigenvalue weighted by Gasteiger charge is 2.06. The minimum absolute atomic E-state index is 0.146. The molecule has 0 aromatic heterocycles.